The summed E-state index contributed by atoms with van der Waals surface area (Å²) >= 11 is 0. The number of aliphatic hydroxyl groups is 2. The van der Waals surface area contributed by atoms with Crippen molar-refractivity contribution >= 4 is 0 Å². The Balaban J connectivity index is 2.96. The van der Waals surface area contributed by atoms with Crippen LogP contribution in [0.15, 0.2) is 0 Å². The molecule has 2 N–H and O–H groups in total. The summed E-state index contributed by atoms with van der Waals surface area (Å²) in [6, 6.07) is 0. The maximum Gasteiger partial charge on any atom is 0.0466 e. The lowest BCUT2D eigenvalue weighted by molar-refractivity contribution is 0.123. The third-order valence-corrected chi connectivity index (χ3v) is 5.22. The Kier molecular flexibility index (Phi) is 26.7. The van der Waals surface area contributed by atoms with E-state index in [9.17, 15) is 0 Å². The van der Waals surface area contributed by atoms with E-state index in [4.69, 9.17) is 19.7 Å². The smallest absolute Gasteiger partial charge is 0.0466 e. The molecule has 170 valence electrons. The Labute approximate surface area is 175 Å². The normalized spacial score (nSPS) is 11.4. The quantitative estimate of drug-likeness (QED) is 0.183. The highest BCUT2D eigenvalue weighted by Crippen LogP contribution is 2.08. The summed E-state index contributed by atoms with van der Waals surface area (Å²) in [6.45, 7) is 4.36. The highest BCUT2D eigenvalue weighted by Gasteiger charge is 1.95. The summed E-state index contributed by atoms with van der Waals surface area (Å²) in [6.07, 6.45) is 21.8. The summed E-state index contributed by atoms with van der Waals surface area (Å²) < 4.78 is 11.4. The van der Waals surface area contributed by atoms with Crippen molar-refractivity contribution < 1.29 is 19.7 Å². The Morgan fingerprint density at radius 1 is 0.286 bits per heavy atom. The van der Waals surface area contributed by atoms with E-state index in [0.29, 0.717) is 13.2 Å². The molecule has 0 aromatic heterocycles. The molecule has 0 atom stereocenters. The third-order valence-electron chi connectivity index (χ3n) is 5.22. The second-order valence-corrected chi connectivity index (χ2v) is 8.04. The van der Waals surface area contributed by atoms with Crippen molar-refractivity contribution in [3.8, 4) is 0 Å². The van der Waals surface area contributed by atoms with Crippen LogP contribution in [0.5, 0.6) is 0 Å². The third kappa shape index (κ3) is 25.8. The lowest BCUT2D eigenvalue weighted by atomic mass is 10.1. The molecule has 0 rings (SSSR count). The van der Waals surface area contributed by atoms with Crippen LogP contribution in [0.2, 0.25) is 0 Å². The summed E-state index contributed by atoms with van der Waals surface area (Å²) in [4.78, 5) is 0. The van der Waals surface area contributed by atoms with Crippen LogP contribution < -0.4 is 0 Å². The lowest BCUT2D eigenvalue weighted by Gasteiger charge is -2.06. The van der Waals surface area contributed by atoms with Crippen LogP contribution >= 0.6 is 0 Å². The highest BCUT2D eigenvalue weighted by molar-refractivity contribution is 4.48. The van der Waals surface area contributed by atoms with E-state index in [0.717, 1.165) is 52.1 Å². The first kappa shape index (κ1) is 27.8. The second-order valence-electron chi connectivity index (χ2n) is 8.04. The van der Waals surface area contributed by atoms with Gasteiger partial charge in [-0.1, -0.05) is 77.0 Å². The van der Waals surface area contributed by atoms with Gasteiger partial charge in [0.05, 0.1) is 0 Å². The van der Waals surface area contributed by atoms with Gasteiger partial charge in [-0.3, -0.25) is 0 Å². The van der Waals surface area contributed by atoms with Crippen LogP contribution in [0.1, 0.15) is 116 Å². The molecule has 0 saturated carbocycles. The Morgan fingerprint density at radius 2 is 0.500 bits per heavy atom. The molecule has 0 unspecified atom stereocenters. The monoisotopic (exact) mass is 402 g/mol. The Morgan fingerprint density at radius 3 is 0.750 bits per heavy atom. The van der Waals surface area contributed by atoms with E-state index in [-0.39, 0.29) is 0 Å². The van der Waals surface area contributed by atoms with Gasteiger partial charge >= 0.3 is 0 Å². The van der Waals surface area contributed by atoms with Crippen LogP contribution in [0.3, 0.4) is 0 Å². The van der Waals surface area contributed by atoms with Gasteiger partial charge in [0.15, 0.2) is 0 Å². The van der Waals surface area contributed by atoms with E-state index in [1.807, 2.05) is 0 Å². The van der Waals surface area contributed by atoms with E-state index in [1.165, 1.54) is 89.9 Å². The van der Waals surface area contributed by atoms with Crippen LogP contribution in [-0.4, -0.2) is 49.9 Å². The fraction of sp³-hybridized carbons (Fsp3) is 1.00. The molecular formula is C24H50O4. The fourth-order valence-electron chi connectivity index (χ4n) is 3.37. The van der Waals surface area contributed by atoms with Gasteiger partial charge in [0.2, 0.25) is 0 Å². The minimum atomic E-state index is 0.338. The van der Waals surface area contributed by atoms with E-state index in [1.54, 1.807) is 0 Å². The second kappa shape index (κ2) is 26.8. The largest absolute Gasteiger partial charge is 0.396 e. The number of aliphatic hydroxyl groups excluding tert-OH is 2. The number of unbranched alkanes of at least 4 members (excludes halogenated alkanes) is 15. The maximum absolute atomic E-state index is 8.71. The van der Waals surface area contributed by atoms with Crippen molar-refractivity contribution in [2.24, 2.45) is 0 Å². The number of hydrogen-bond acceptors (Lipinski definition) is 4. The molecule has 0 aromatic carbocycles. The molecule has 0 heterocycles. The fourth-order valence-corrected chi connectivity index (χ4v) is 3.37. The van der Waals surface area contributed by atoms with Crippen molar-refractivity contribution in [3.63, 3.8) is 0 Å². The molecule has 0 spiro atoms. The van der Waals surface area contributed by atoms with Gasteiger partial charge in [-0.25, -0.2) is 0 Å². The first-order chi connectivity index (χ1) is 13.9. The summed E-state index contributed by atoms with van der Waals surface area (Å²) in [5.74, 6) is 0. The molecule has 0 aromatic rings. The van der Waals surface area contributed by atoms with Crippen LogP contribution in [0.4, 0.5) is 0 Å². The van der Waals surface area contributed by atoms with E-state index in [2.05, 4.69) is 0 Å². The van der Waals surface area contributed by atoms with Gasteiger partial charge in [-0.05, 0) is 38.5 Å². The van der Waals surface area contributed by atoms with E-state index < -0.39 is 0 Å². The Bertz CT molecular complexity index is 235. The van der Waals surface area contributed by atoms with Gasteiger partial charge < -0.3 is 19.7 Å². The zero-order chi connectivity index (χ0) is 20.4. The standard InChI is InChI=1S/C24H50O4/c25-19-13-7-1-3-9-15-21-27-23-17-11-5-6-12-18-24-28-22-16-10-4-2-8-14-20-26/h25-26H,1-24H2. The molecule has 0 radical (unpaired) electrons. The lowest BCUT2D eigenvalue weighted by Crippen LogP contribution is -1.98. The predicted molar refractivity (Wildman–Crippen MR) is 119 cm³/mol. The number of rotatable bonds is 25. The maximum atomic E-state index is 8.71. The molecule has 28 heavy (non-hydrogen) atoms. The van der Waals surface area contributed by atoms with Crippen LogP contribution in [-0.2, 0) is 9.47 Å². The molecule has 0 bridgehead atoms. The Hall–Kier alpha value is -0.160. The first-order valence-corrected chi connectivity index (χ1v) is 12.3. The molecule has 4 nitrogen and oxygen atoms in total. The average Bonchev–Trinajstić information content (AvgIpc) is 2.71. The van der Waals surface area contributed by atoms with Gasteiger partial charge in [0, 0.05) is 39.6 Å². The van der Waals surface area contributed by atoms with Gasteiger partial charge in [-0.2, -0.15) is 0 Å². The van der Waals surface area contributed by atoms with Crippen molar-refractivity contribution in [1.29, 1.82) is 0 Å². The molecule has 0 saturated heterocycles. The minimum Gasteiger partial charge on any atom is -0.396 e. The van der Waals surface area contributed by atoms with Crippen LogP contribution in [0, 0.1) is 0 Å². The molecule has 0 fully saturated rings. The summed E-state index contributed by atoms with van der Waals surface area (Å²) in [5, 5.41) is 17.4. The van der Waals surface area contributed by atoms with Crippen molar-refractivity contribution in [2.45, 2.75) is 116 Å². The van der Waals surface area contributed by atoms with Crippen LogP contribution in [0.25, 0.3) is 0 Å². The van der Waals surface area contributed by atoms with Crippen molar-refractivity contribution in [3.05, 3.63) is 0 Å². The molecule has 0 amide bonds. The molecule has 4 heteroatoms. The van der Waals surface area contributed by atoms with Crippen molar-refractivity contribution in [1.82, 2.24) is 0 Å². The van der Waals surface area contributed by atoms with E-state index >= 15 is 0 Å². The predicted octanol–water partition coefficient (Wildman–Crippen LogP) is 6.03. The zero-order valence-electron chi connectivity index (χ0n) is 18.7. The SMILES string of the molecule is OCCCCCCCCOCCCCCCCCOCCCCCCCCO. The highest BCUT2D eigenvalue weighted by atomic mass is 16.5. The van der Waals surface area contributed by atoms with Gasteiger partial charge in [-0.15, -0.1) is 0 Å². The van der Waals surface area contributed by atoms with Gasteiger partial charge in [0.25, 0.3) is 0 Å². The topological polar surface area (TPSA) is 58.9 Å². The van der Waals surface area contributed by atoms with Gasteiger partial charge in [0.1, 0.15) is 0 Å². The first-order valence-electron chi connectivity index (χ1n) is 12.3. The molecule has 0 aliphatic carbocycles. The summed E-state index contributed by atoms with van der Waals surface area (Å²) in [5.41, 5.74) is 0. The number of ether oxygens (including phenoxy) is 2. The number of hydrogen-bond donors (Lipinski definition) is 2. The average molecular weight is 403 g/mol. The molecular weight excluding hydrogens is 352 g/mol. The minimum absolute atomic E-state index is 0.338. The molecule has 0 aliphatic heterocycles. The summed E-state index contributed by atoms with van der Waals surface area (Å²) in [7, 11) is 0. The molecule has 0 aliphatic rings. The zero-order valence-corrected chi connectivity index (χ0v) is 18.7. The van der Waals surface area contributed by atoms with Crippen molar-refractivity contribution in [2.75, 3.05) is 39.6 Å².